The van der Waals surface area contributed by atoms with Crippen molar-refractivity contribution in [3.63, 3.8) is 0 Å². The van der Waals surface area contributed by atoms with Crippen LogP contribution in [0.15, 0.2) is 79.1 Å². The summed E-state index contributed by atoms with van der Waals surface area (Å²) in [5.74, 6) is 0.239. The van der Waals surface area contributed by atoms with E-state index >= 15 is 0 Å². The molecule has 26 heavy (non-hydrogen) atoms. The third kappa shape index (κ3) is 6.44. The molecule has 134 valence electrons. The van der Waals surface area contributed by atoms with Gasteiger partial charge in [-0.2, -0.15) is 8.42 Å². The number of rotatable bonds is 0. The first-order valence-corrected chi connectivity index (χ1v) is 8.76. The van der Waals surface area contributed by atoms with Crippen LogP contribution in [0.25, 0.3) is 21.8 Å². The summed E-state index contributed by atoms with van der Waals surface area (Å²) in [5.41, 5.74) is 1.72. The molecule has 4 aromatic rings. The van der Waals surface area contributed by atoms with Crippen molar-refractivity contribution in [1.29, 1.82) is 0 Å². The quantitative estimate of drug-likeness (QED) is 0.404. The lowest BCUT2D eigenvalue weighted by molar-refractivity contribution is 0.381. The number of benzene rings is 2. The van der Waals surface area contributed by atoms with Crippen LogP contribution in [-0.2, 0) is 10.4 Å². The fourth-order valence-electron chi connectivity index (χ4n) is 2.10. The minimum absolute atomic E-state index is 0.239. The lowest BCUT2D eigenvalue weighted by Gasteiger charge is -1.96. The highest BCUT2D eigenvalue weighted by Crippen LogP contribution is 2.20. The van der Waals surface area contributed by atoms with Crippen molar-refractivity contribution < 1.29 is 22.6 Å². The lowest BCUT2D eigenvalue weighted by Crippen LogP contribution is -1.89. The third-order valence-electron chi connectivity index (χ3n) is 3.12. The predicted molar refractivity (Wildman–Crippen MR) is 99.3 cm³/mol. The van der Waals surface area contributed by atoms with E-state index in [4.69, 9.17) is 17.5 Å². The topological polar surface area (TPSA) is 121 Å². The van der Waals surface area contributed by atoms with Gasteiger partial charge in [-0.15, -0.1) is 0 Å². The molecule has 0 aliphatic carbocycles. The molecule has 0 aliphatic rings. The van der Waals surface area contributed by atoms with Gasteiger partial charge in [0.2, 0.25) is 0 Å². The number of fused-ring (bicyclic) bond motifs is 2. The van der Waals surface area contributed by atoms with Gasteiger partial charge in [0, 0.05) is 23.2 Å². The van der Waals surface area contributed by atoms with Crippen molar-refractivity contribution in [2.24, 2.45) is 0 Å². The monoisotopic (exact) mass is 372 g/mol. The molecule has 0 amide bonds. The molecule has 8 heteroatoms. The Balaban J connectivity index is 0.000000151. The Morgan fingerprint density at radius 3 is 1.88 bits per heavy atom. The molecule has 0 fully saturated rings. The van der Waals surface area contributed by atoms with Crippen molar-refractivity contribution >= 4 is 32.2 Å². The largest absolute Gasteiger partial charge is 0.506 e. The summed E-state index contributed by atoms with van der Waals surface area (Å²) in [6.45, 7) is 0. The molecule has 2 heterocycles. The van der Waals surface area contributed by atoms with Gasteiger partial charge in [-0.3, -0.25) is 19.1 Å². The summed E-state index contributed by atoms with van der Waals surface area (Å²) in [5, 5.41) is 11.5. The van der Waals surface area contributed by atoms with Crippen LogP contribution < -0.4 is 0 Å². The van der Waals surface area contributed by atoms with Crippen LogP contribution in [0, 0.1) is 0 Å². The molecule has 0 spiro atoms. The van der Waals surface area contributed by atoms with Crippen molar-refractivity contribution in [2.45, 2.75) is 0 Å². The fourth-order valence-corrected chi connectivity index (χ4v) is 2.10. The van der Waals surface area contributed by atoms with E-state index in [1.165, 1.54) is 5.39 Å². The number of nitrogens with zero attached hydrogens (tertiary/aromatic N) is 2. The summed E-state index contributed by atoms with van der Waals surface area (Å²) in [4.78, 5) is 8.21. The molecule has 0 bridgehead atoms. The van der Waals surface area contributed by atoms with Gasteiger partial charge in [0.1, 0.15) is 11.3 Å². The van der Waals surface area contributed by atoms with Gasteiger partial charge in [0.15, 0.2) is 0 Å². The fraction of sp³-hybridized carbons (Fsp3) is 0. The maximum absolute atomic E-state index is 9.31. The van der Waals surface area contributed by atoms with Crippen LogP contribution >= 0.6 is 0 Å². The molecule has 0 atom stereocenters. The summed E-state index contributed by atoms with van der Waals surface area (Å²) >= 11 is 0. The average Bonchev–Trinajstić information content (AvgIpc) is 2.62. The van der Waals surface area contributed by atoms with E-state index in [0.29, 0.717) is 5.52 Å². The van der Waals surface area contributed by atoms with Crippen molar-refractivity contribution in [3.8, 4) is 5.75 Å². The average molecular weight is 372 g/mol. The molecule has 2 aromatic carbocycles. The Labute approximate surface area is 150 Å². The van der Waals surface area contributed by atoms with Gasteiger partial charge in [0.25, 0.3) is 0 Å². The number of pyridine rings is 2. The number of phenolic OH excluding ortho intramolecular Hbond substituents is 1. The molecule has 0 aliphatic heterocycles. The highest BCUT2D eigenvalue weighted by molar-refractivity contribution is 7.79. The second-order valence-electron chi connectivity index (χ2n) is 5.00. The van der Waals surface area contributed by atoms with E-state index in [-0.39, 0.29) is 5.75 Å². The normalized spacial score (nSPS) is 10.4. The first-order valence-electron chi connectivity index (χ1n) is 7.37. The summed E-state index contributed by atoms with van der Waals surface area (Å²) in [6.07, 6.45) is 3.48. The number of aromatic nitrogens is 2. The van der Waals surface area contributed by atoms with E-state index in [9.17, 15) is 5.11 Å². The number of phenols is 1. The SMILES string of the molecule is O=S(=O)(O)O.Oc1cccc2cccnc12.c1ccc2ncccc2c1. The number of para-hydroxylation sites is 2. The first-order chi connectivity index (χ1) is 12.3. The van der Waals surface area contributed by atoms with Gasteiger partial charge in [0.05, 0.1) is 5.52 Å². The number of hydrogen-bond donors (Lipinski definition) is 3. The molecule has 2 aromatic heterocycles. The van der Waals surface area contributed by atoms with Crippen LogP contribution in [0.1, 0.15) is 0 Å². The van der Waals surface area contributed by atoms with E-state index in [1.807, 2.05) is 48.7 Å². The second-order valence-corrected chi connectivity index (χ2v) is 5.89. The zero-order valence-corrected chi connectivity index (χ0v) is 14.3. The summed E-state index contributed by atoms with van der Waals surface area (Å²) in [7, 11) is -4.67. The molecule has 7 nitrogen and oxygen atoms in total. The standard InChI is InChI=1S/C9H7NO.C9H7N.H2O4S/c11-8-5-1-3-7-4-2-6-10-9(7)8;1-2-6-9-8(4-1)5-3-7-10-9;1-5(2,3)4/h1-6,11H;1-7H;(H2,1,2,3,4). The predicted octanol–water partition coefficient (Wildman–Crippen LogP) is 3.52. The Morgan fingerprint density at radius 2 is 1.23 bits per heavy atom. The Hall–Kier alpha value is -3.07. The van der Waals surface area contributed by atoms with Crippen LogP contribution in [0.5, 0.6) is 5.75 Å². The van der Waals surface area contributed by atoms with Gasteiger partial charge < -0.3 is 5.11 Å². The number of aromatic hydroxyl groups is 1. The molecular weight excluding hydrogens is 356 g/mol. The van der Waals surface area contributed by atoms with Crippen molar-refractivity contribution in [1.82, 2.24) is 9.97 Å². The van der Waals surface area contributed by atoms with Crippen LogP contribution in [0.2, 0.25) is 0 Å². The van der Waals surface area contributed by atoms with Gasteiger partial charge in [-0.1, -0.05) is 42.5 Å². The number of hydrogen-bond acceptors (Lipinski definition) is 5. The summed E-state index contributed by atoms with van der Waals surface area (Å²) in [6, 6.07) is 21.2. The van der Waals surface area contributed by atoms with E-state index in [1.54, 1.807) is 18.3 Å². The Kier molecular flexibility index (Phi) is 6.56. The Morgan fingerprint density at radius 1 is 0.692 bits per heavy atom. The van der Waals surface area contributed by atoms with Gasteiger partial charge in [-0.25, -0.2) is 0 Å². The van der Waals surface area contributed by atoms with E-state index < -0.39 is 10.4 Å². The smallest absolute Gasteiger partial charge is 0.394 e. The molecular formula is C18H16N2O5S. The second kappa shape index (κ2) is 8.86. The highest BCUT2D eigenvalue weighted by Gasteiger charge is 1.96. The maximum Gasteiger partial charge on any atom is 0.394 e. The zero-order chi connectivity index (χ0) is 19.0. The third-order valence-corrected chi connectivity index (χ3v) is 3.12. The first kappa shape index (κ1) is 19.3. The lowest BCUT2D eigenvalue weighted by atomic mass is 10.2. The Bertz CT molecular complexity index is 1020. The van der Waals surface area contributed by atoms with Gasteiger partial charge in [-0.05, 0) is 24.3 Å². The summed E-state index contributed by atoms with van der Waals surface area (Å²) < 4.78 is 31.6. The molecule has 4 rings (SSSR count). The highest BCUT2D eigenvalue weighted by atomic mass is 32.3. The molecule has 0 radical (unpaired) electrons. The van der Waals surface area contributed by atoms with E-state index in [2.05, 4.69) is 22.1 Å². The van der Waals surface area contributed by atoms with Crippen LogP contribution in [0.4, 0.5) is 0 Å². The minimum atomic E-state index is -4.67. The zero-order valence-electron chi connectivity index (χ0n) is 13.5. The van der Waals surface area contributed by atoms with Gasteiger partial charge >= 0.3 is 10.4 Å². The van der Waals surface area contributed by atoms with Crippen molar-refractivity contribution in [3.05, 3.63) is 79.1 Å². The molecule has 0 unspecified atom stereocenters. The molecule has 3 N–H and O–H groups in total. The van der Waals surface area contributed by atoms with Crippen molar-refractivity contribution in [2.75, 3.05) is 0 Å². The molecule has 0 saturated carbocycles. The van der Waals surface area contributed by atoms with Crippen LogP contribution in [0.3, 0.4) is 0 Å². The van der Waals surface area contributed by atoms with E-state index in [0.717, 1.165) is 10.9 Å². The van der Waals surface area contributed by atoms with Crippen LogP contribution in [-0.4, -0.2) is 32.6 Å². The minimum Gasteiger partial charge on any atom is -0.506 e. The maximum atomic E-state index is 9.31. The molecule has 0 saturated heterocycles.